The molecule has 2 aromatic rings. The number of benzene rings is 1. The van der Waals surface area contributed by atoms with Crippen LogP contribution in [-0.4, -0.2) is 48.5 Å². The summed E-state index contributed by atoms with van der Waals surface area (Å²) >= 11 is 5.92. The summed E-state index contributed by atoms with van der Waals surface area (Å²) in [5.41, 5.74) is 0.331. The van der Waals surface area contributed by atoms with Gasteiger partial charge in [0.2, 0.25) is 5.91 Å². The Morgan fingerprint density at radius 3 is 2.56 bits per heavy atom. The molecule has 2 heterocycles. The second-order valence-electron chi connectivity index (χ2n) is 6.20. The van der Waals surface area contributed by atoms with Crippen LogP contribution in [0.1, 0.15) is 5.56 Å². The van der Waals surface area contributed by atoms with Gasteiger partial charge in [-0.15, -0.1) is 0 Å². The molecule has 1 aromatic carbocycles. The van der Waals surface area contributed by atoms with Crippen molar-refractivity contribution >= 4 is 28.9 Å². The molecule has 1 N–H and O–H groups in total. The standard InChI is InChI=1S/C18H18ClF3N4O/c19-17-15(5-2-6-23-17)24-16(27)12-25-7-9-26(10-8-25)14-4-1-3-13(11-14)18(20,21)22/h1-6,11H,7-10,12H2,(H,24,27). The van der Waals surface area contributed by atoms with Crippen LogP contribution in [0.3, 0.4) is 0 Å². The van der Waals surface area contributed by atoms with Gasteiger partial charge in [0.1, 0.15) is 0 Å². The second kappa shape index (κ2) is 8.14. The van der Waals surface area contributed by atoms with Gasteiger partial charge < -0.3 is 10.2 Å². The average Bonchev–Trinajstić information content (AvgIpc) is 2.64. The highest BCUT2D eigenvalue weighted by molar-refractivity contribution is 6.32. The number of nitrogens with one attached hydrogen (secondary N) is 1. The third-order valence-electron chi connectivity index (χ3n) is 4.31. The van der Waals surface area contributed by atoms with Gasteiger partial charge in [-0.3, -0.25) is 9.69 Å². The monoisotopic (exact) mass is 398 g/mol. The number of amides is 1. The number of piperazine rings is 1. The van der Waals surface area contributed by atoms with Crippen LogP contribution in [0.5, 0.6) is 0 Å². The Kier molecular flexibility index (Phi) is 5.86. The fourth-order valence-electron chi connectivity index (χ4n) is 2.92. The Morgan fingerprint density at radius 1 is 1.15 bits per heavy atom. The average molecular weight is 399 g/mol. The first kappa shape index (κ1) is 19.4. The van der Waals surface area contributed by atoms with Gasteiger partial charge in [0.25, 0.3) is 0 Å². The van der Waals surface area contributed by atoms with E-state index in [4.69, 9.17) is 11.6 Å². The zero-order valence-electron chi connectivity index (χ0n) is 14.3. The SMILES string of the molecule is O=C(CN1CCN(c2cccc(C(F)(F)F)c2)CC1)Nc1cccnc1Cl. The van der Waals surface area contributed by atoms with Gasteiger partial charge in [-0.2, -0.15) is 13.2 Å². The third kappa shape index (κ3) is 5.11. The number of hydrogen-bond acceptors (Lipinski definition) is 4. The number of rotatable bonds is 4. The van der Waals surface area contributed by atoms with Gasteiger partial charge >= 0.3 is 6.18 Å². The van der Waals surface area contributed by atoms with Crippen LogP contribution in [0.15, 0.2) is 42.6 Å². The predicted molar refractivity (Wildman–Crippen MR) is 98.0 cm³/mol. The molecule has 0 unspecified atom stereocenters. The molecule has 9 heteroatoms. The predicted octanol–water partition coefficient (Wildman–Crippen LogP) is 3.51. The summed E-state index contributed by atoms with van der Waals surface area (Å²) in [4.78, 5) is 19.9. The lowest BCUT2D eigenvalue weighted by atomic mass is 10.1. The van der Waals surface area contributed by atoms with Crippen molar-refractivity contribution in [2.75, 3.05) is 42.9 Å². The van der Waals surface area contributed by atoms with Crippen molar-refractivity contribution in [3.8, 4) is 0 Å². The van der Waals surface area contributed by atoms with E-state index < -0.39 is 11.7 Å². The van der Waals surface area contributed by atoms with Crippen LogP contribution in [0.4, 0.5) is 24.5 Å². The van der Waals surface area contributed by atoms with Gasteiger partial charge in [0.05, 0.1) is 17.8 Å². The summed E-state index contributed by atoms with van der Waals surface area (Å²) in [6.45, 7) is 2.42. The molecular weight excluding hydrogens is 381 g/mol. The summed E-state index contributed by atoms with van der Waals surface area (Å²) in [6, 6.07) is 8.65. The maximum atomic E-state index is 12.9. The minimum absolute atomic E-state index is 0.182. The lowest BCUT2D eigenvalue weighted by Crippen LogP contribution is -2.48. The normalized spacial score (nSPS) is 15.6. The summed E-state index contributed by atoms with van der Waals surface area (Å²) in [5, 5.41) is 2.93. The highest BCUT2D eigenvalue weighted by Gasteiger charge is 2.31. The molecule has 0 aliphatic carbocycles. The fraction of sp³-hybridized carbons (Fsp3) is 0.333. The maximum Gasteiger partial charge on any atom is 0.416 e. The molecule has 5 nitrogen and oxygen atoms in total. The van der Waals surface area contributed by atoms with Gasteiger partial charge in [-0.1, -0.05) is 17.7 Å². The molecular formula is C18H18ClF3N4O. The quantitative estimate of drug-likeness (QED) is 0.801. The first-order valence-corrected chi connectivity index (χ1v) is 8.75. The number of halogens is 4. The maximum absolute atomic E-state index is 12.9. The molecule has 0 saturated carbocycles. The zero-order valence-corrected chi connectivity index (χ0v) is 15.1. The van der Waals surface area contributed by atoms with Gasteiger partial charge in [0.15, 0.2) is 5.15 Å². The van der Waals surface area contributed by atoms with E-state index in [0.29, 0.717) is 37.6 Å². The Morgan fingerprint density at radius 2 is 1.89 bits per heavy atom. The molecule has 1 aliphatic heterocycles. The lowest BCUT2D eigenvalue weighted by Gasteiger charge is -2.36. The molecule has 1 aliphatic rings. The van der Waals surface area contributed by atoms with Crippen molar-refractivity contribution in [2.45, 2.75) is 6.18 Å². The third-order valence-corrected chi connectivity index (χ3v) is 4.61. The van der Waals surface area contributed by atoms with E-state index >= 15 is 0 Å². The lowest BCUT2D eigenvalue weighted by molar-refractivity contribution is -0.137. The molecule has 0 bridgehead atoms. The molecule has 0 spiro atoms. The Labute approximate surface area is 159 Å². The van der Waals surface area contributed by atoms with Crippen LogP contribution in [0.2, 0.25) is 5.15 Å². The van der Waals surface area contributed by atoms with E-state index in [1.807, 2.05) is 9.80 Å². The molecule has 27 heavy (non-hydrogen) atoms. The summed E-state index contributed by atoms with van der Waals surface area (Å²) < 4.78 is 38.6. The first-order valence-electron chi connectivity index (χ1n) is 8.38. The van der Waals surface area contributed by atoms with Crippen molar-refractivity contribution in [1.82, 2.24) is 9.88 Å². The number of carbonyl (C=O) groups excluding carboxylic acids is 1. The highest BCUT2D eigenvalue weighted by Crippen LogP contribution is 2.31. The summed E-state index contributed by atoms with van der Waals surface area (Å²) in [7, 11) is 0. The van der Waals surface area contributed by atoms with E-state index in [1.165, 1.54) is 12.3 Å². The zero-order chi connectivity index (χ0) is 19.4. The number of alkyl halides is 3. The number of aromatic nitrogens is 1. The van der Waals surface area contributed by atoms with Crippen molar-refractivity contribution in [1.29, 1.82) is 0 Å². The fourth-order valence-corrected chi connectivity index (χ4v) is 3.08. The molecule has 0 atom stereocenters. The van der Waals surface area contributed by atoms with Gasteiger partial charge in [-0.25, -0.2) is 4.98 Å². The van der Waals surface area contributed by atoms with Gasteiger partial charge in [0, 0.05) is 38.1 Å². The van der Waals surface area contributed by atoms with Gasteiger partial charge in [-0.05, 0) is 30.3 Å². The molecule has 1 saturated heterocycles. The summed E-state index contributed by atoms with van der Waals surface area (Å²) in [6.07, 6.45) is -2.82. The molecule has 144 valence electrons. The minimum Gasteiger partial charge on any atom is -0.369 e. The van der Waals surface area contributed by atoms with Crippen LogP contribution in [-0.2, 0) is 11.0 Å². The Balaban J connectivity index is 1.53. The molecule has 1 fully saturated rings. The Bertz CT molecular complexity index is 807. The van der Waals surface area contributed by atoms with Crippen LogP contribution in [0.25, 0.3) is 0 Å². The molecule has 0 radical (unpaired) electrons. The first-order chi connectivity index (χ1) is 12.8. The topological polar surface area (TPSA) is 48.5 Å². The smallest absolute Gasteiger partial charge is 0.369 e. The number of pyridine rings is 1. The number of carbonyl (C=O) groups is 1. The highest BCUT2D eigenvalue weighted by atomic mass is 35.5. The minimum atomic E-state index is -4.36. The molecule has 3 rings (SSSR count). The van der Waals surface area contributed by atoms with E-state index in [2.05, 4.69) is 10.3 Å². The van der Waals surface area contributed by atoms with E-state index in [-0.39, 0.29) is 17.6 Å². The van der Waals surface area contributed by atoms with Crippen molar-refractivity contribution in [3.05, 3.63) is 53.3 Å². The van der Waals surface area contributed by atoms with Crippen LogP contribution in [0, 0.1) is 0 Å². The van der Waals surface area contributed by atoms with E-state index in [0.717, 1.165) is 12.1 Å². The summed E-state index contributed by atoms with van der Waals surface area (Å²) in [5.74, 6) is -0.211. The van der Waals surface area contributed by atoms with Crippen LogP contribution < -0.4 is 10.2 Å². The van der Waals surface area contributed by atoms with Crippen LogP contribution >= 0.6 is 11.6 Å². The number of anilines is 2. The van der Waals surface area contributed by atoms with Crippen molar-refractivity contribution < 1.29 is 18.0 Å². The van der Waals surface area contributed by atoms with Crippen molar-refractivity contribution in [3.63, 3.8) is 0 Å². The molecule has 1 amide bonds. The van der Waals surface area contributed by atoms with E-state index in [1.54, 1.807) is 18.2 Å². The van der Waals surface area contributed by atoms with E-state index in [9.17, 15) is 18.0 Å². The number of hydrogen-bond donors (Lipinski definition) is 1. The van der Waals surface area contributed by atoms with Crippen molar-refractivity contribution in [2.24, 2.45) is 0 Å². The second-order valence-corrected chi connectivity index (χ2v) is 6.56. The number of nitrogens with zero attached hydrogens (tertiary/aromatic N) is 3. The molecule has 1 aromatic heterocycles. The Hall–Kier alpha value is -2.32. The largest absolute Gasteiger partial charge is 0.416 e.